The molecule has 28 heavy (non-hydrogen) atoms. The van der Waals surface area contributed by atoms with E-state index in [4.69, 9.17) is 25.8 Å². The fourth-order valence-electron chi connectivity index (χ4n) is 2.17. The highest BCUT2D eigenvalue weighted by atomic mass is 35.5. The van der Waals surface area contributed by atoms with Crippen molar-refractivity contribution in [3.05, 3.63) is 53.2 Å². The smallest absolute Gasteiger partial charge is 0.331 e. The van der Waals surface area contributed by atoms with Crippen molar-refractivity contribution in [1.82, 2.24) is 4.98 Å². The van der Waals surface area contributed by atoms with E-state index >= 15 is 0 Å². The molecule has 0 unspecified atom stereocenters. The number of aromatic nitrogens is 1. The van der Waals surface area contributed by atoms with E-state index in [2.05, 4.69) is 10.3 Å². The van der Waals surface area contributed by atoms with Crippen molar-refractivity contribution in [2.75, 3.05) is 19.0 Å². The quantitative estimate of drug-likeness (QED) is 0.533. The van der Waals surface area contributed by atoms with Crippen LogP contribution in [0.5, 0.6) is 11.5 Å². The van der Waals surface area contributed by atoms with Crippen molar-refractivity contribution in [3.8, 4) is 11.5 Å². The van der Waals surface area contributed by atoms with Crippen LogP contribution in [0, 0.1) is 0 Å². The zero-order valence-electron chi connectivity index (χ0n) is 15.8. The molecule has 0 saturated heterocycles. The highest BCUT2D eigenvalue weighted by Gasteiger charge is 2.17. The minimum Gasteiger partial charge on any atom is -0.493 e. The number of carbonyl (C=O) groups excluding carboxylic acids is 2. The van der Waals surface area contributed by atoms with Gasteiger partial charge in [-0.2, -0.15) is 0 Å². The van der Waals surface area contributed by atoms with Crippen LogP contribution in [0.3, 0.4) is 0 Å². The lowest BCUT2D eigenvalue weighted by atomic mass is 10.2. The summed E-state index contributed by atoms with van der Waals surface area (Å²) in [6.07, 6.45) is 3.21. The Balaban J connectivity index is 1.94. The molecule has 1 heterocycles. The summed E-state index contributed by atoms with van der Waals surface area (Å²) in [5, 5.41) is 2.99. The molecule has 7 nitrogen and oxygen atoms in total. The van der Waals surface area contributed by atoms with Gasteiger partial charge in [0.15, 0.2) is 17.6 Å². The van der Waals surface area contributed by atoms with Gasteiger partial charge in [-0.15, -0.1) is 0 Å². The number of hydrogen-bond acceptors (Lipinski definition) is 6. The van der Waals surface area contributed by atoms with Crippen molar-refractivity contribution in [2.45, 2.75) is 20.0 Å². The molecule has 148 valence electrons. The lowest BCUT2D eigenvalue weighted by Crippen LogP contribution is -2.29. The number of methoxy groups -OCH3 is 1. The molecule has 0 fully saturated rings. The predicted molar refractivity (Wildman–Crippen MR) is 107 cm³/mol. The fraction of sp³-hybridized carbons (Fsp3) is 0.250. The molecule has 0 aliphatic rings. The third-order valence-corrected chi connectivity index (χ3v) is 3.76. The van der Waals surface area contributed by atoms with Gasteiger partial charge in [0.2, 0.25) is 0 Å². The summed E-state index contributed by atoms with van der Waals surface area (Å²) in [5.74, 6) is 0.334. The Morgan fingerprint density at radius 2 is 2.04 bits per heavy atom. The fourth-order valence-corrected chi connectivity index (χ4v) is 2.29. The number of esters is 1. The molecule has 0 bridgehead atoms. The van der Waals surface area contributed by atoms with E-state index in [1.54, 1.807) is 43.5 Å². The molecular formula is C20H21ClN2O5. The van der Waals surface area contributed by atoms with E-state index in [-0.39, 0.29) is 0 Å². The Morgan fingerprint density at radius 3 is 2.68 bits per heavy atom. The first kappa shape index (κ1) is 21.2. The number of amides is 1. The van der Waals surface area contributed by atoms with Gasteiger partial charge in [-0.05, 0) is 49.8 Å². The molecular weight excluding hydrogens is 384 g/mol. The average molecular weight is 405 g/mol. The molecule has 0 aliphatic heterocycles. The first-order valence-corrected chi connectivity index (χ1v) is 8.92. The van der Waals surface area contributed by atoms with Gasteiger partial charge >= 0.3 is 5.97 Å². The summed E-state index contributed by atoms with van der Waals surface area (Å²) >= 11 is 5.74. The Bertz CT molecular complexity index is 852. The summed E-state index contributed by atoms with van der Waals surface area (Å²) in [5.41, 5.74) is 0.726. The molecule has 1 N–H and O–H groups in total. The van der Waals surface area contributed by atoms with E-state index in [0.717, 1.165) is 5.56 Å². The second-order valence-electron chi connectivity index (χ2n) is 5.61. The van der Waals surface area contributed by atoms with Crippen LogP contribution < -0.4 is 14.8 Å². The van der Waals surface area contributed by atoms with E-state index < -0.39 is 18.0 Å². The molecule has 0 spiro atoms. The Hall–Kier alpha value is -3.06. The molecule has 0 aliphatic carbocycles. The molecule has 2 aromatic rings. The molecule has 0 saturated carbocycles. The maximum Gasteiger partial charge on any atom is 0.331 e. The lowest BCUT2D eigenvalue weighted by Gasteiger charge is -2.12. The van der Waals surface area contributed by atoms with Crippen LogP contribution in [-0.2, 0) is 14.3 Å². The first-order chi connectivity index (χ1) is 13.4. The van der Waals surface area contributed by atoms with Crippen LogP contribution in [0.25, 0.3) is 6.08 Å². The monoisotopic (exact) mass is 404 g/mol. The maximum absolute atomic E-state index is 12.1. The van der Waals surface area contributed by atoms with Gasteiger partial charge in [0, 0.05) is 12.3 Å². The van der Waals surface area contributed by atoms with Crippen LogP contribution >= 0.6 is 11.6 Å². The van der Waals surface area contributed by atoms with Gasteiger partial charge in [-0.25, -0.2) is 9.78 Å². The van der Waals surface area contributed by atoms with Gasteiger partial charge in [0.1, 0.15) is 5.82 Å². The van der Waals surface area contributed by atoms with Gasteiger partial charge in [-0.3, -0.25) is 4.79 Å². The van der Waals surface area contributed by atoms with E-state index in [1.165, 1.54) is 19.2 Å². The normalized spacial score (nSPS) is 11.7. The Labute approximate surface area is 168 Å². The zero-order valence-corrected chi connectivity index (χ0v) is 16.5. The second kappa shape index (κ2) is 10.3. The van der Waals surface area contributed by atoms with Crippen molar-refractivity contribution < 1.29 is 23.8 Å². The van der Waals surface area contributed by atoms with Gasteiger partial charge in [0.05, 0.1) is 18.7 Å². The van der Waals surface area contributed by atoms with Crippen LogP contribution in [0.15, 0.2) is 42.6 Å². The largest absolute Gasteiger partial charge is 0.493 e. The first-order valence-electron chi connectivity index (χ1n) is 8.55. The van der Waals surface area contributed by atoms with Crippen LogP contribution in [-0.4, -0.2) is 36.7 Å². The summed E-state index contributed by atoms with van der Waals surface area (Å²) < 4.78 is 15.8. The predicted octanol–water partition coefficient (Wildman–Crippen LogP) is 3.73. The lowest BCUT2D eigenvalue weighted by molar-refractivity contribution is -0.148. The molecule has 2 rings (SSSR count). The Morgan fingerprint density at radius 1 is 1.25 bits per heavy atom. The van der Waals surface area contributed by atoms with Crippen molar-refractivity contribution in [2.24, 2.45) is 0 Å². The number of carbonyl (C=O) groups is 2. The highest BCUT2D eigenvalue weighted by Crippen LogP contribution is 2.28. The number of pyridine rings is 1. The van der Waals surface area contributed by atoms with E-state index in [9.17, 15) is 9.59 Å². The number of anilines is 1. The van der Waals surface area contributed by atoms with Gasteiger partial charge < -0.3 is 19.5 Å². The molecule has 1 aromatic carbocycles. The number of nitrogens with zero attached hydrogens (tertiary/aromatic N) is 1. The maximum atomic E-state index is 12.1. The van der Waals surface area contributed by atoms with Crippen molar-refractivity contribution in [3.63, 3.8) is 0 Å². The summed E-state index contributed by atoms with van der Waals surface area (Å²) in [6.45, 7) is 3.82. The van der Waals surface area contributed by atoms with E-state index in [1.807, 2.05) is 6.92 Å². The molecule has 1 atom stereocenters. The number of hydrogen-bond donors (Lipinski definition) is 1. The SMILES string of the molecule is CCOc1cc(/C=C/C(=O)O[C@H](C)C(=O)Nc2ccc(Cl)cn2)ccc1OC. The topological polar surface area (TPSA) is 86.8 Å². The summed E-state index contributed by atoms with van der Waals surface area (Å²) in [7, 11) is 1.55. The Kier molecular flexibility index (Phi) is 7.83. The minimum absolute atomic E-state index is 0.314. The van der Waals surface area contributed by atoms with Crippen molar-refractivity contribution in [1.29, 1.82) is 0 Å². The molecule has 1 amide bonds. The van der Waals surface area contributed by atoms with Gasteiger partial charge in [-0.1, -0.05) is 17.7 Å². The highest BCUT2D eigenvalue weighted by molar-refractivity contribution is 6.30. The number of benzene rings is 1. The molecule has 1 aromatic heterocycles. The molecule has 8 heteroatoms. The van der Waals surface area contributed by atoms with Crippen LogP contribution in [0.1, 0.15) is 19.4 Å². The summed E-state index contributed by atoms with van der Waals surface area (Å²) in [6, 6.07) is 8.40. The third kappa shape index (κ3) is 6.28. The number of nitrogens with one attached hydrogen (secondary N) is 1. The number of rotatable bonds is 8. The van der Waals surface area contributed by atoms with Crippen LogP contribution in [0.4, 0.5) is 5.82 Å². The minimum atomic E-state index is -0.996. The average Bonchev–Trinajstić information content (AvgIpc) is 2.68. The summed E-state index contributed by atoms with van der Waals surface area (Å²) in [4.78, 5) is 28.0. The number of halogens is 1. The third-order valence-electron chi connectivity index (χ3n) is 3.54. The number of ether oxygens (including phenoxy) is 3. The second-order valence-corrected chi connectivity index (χ2v) is 6.04. The van der Waals surface area contributed by atoms with Gasteiger partial charge in [0.25, 0.3) is 5.91 Å². The standard InChI is InChI=1S/C20H21ClN2O5/c1-4-27-17-11-14(5-8-16(17)26-3)6-10-19(24)28-13(2)20(25)23-18-9-7-15(21)12-22-18/h5-13H,4H2,1-3H3,(H,22,23,25)/b10-6+/t13-/m1/s1. The molecule has 0 radical (unpaired) electrons. The van der Waals surface area contributed by atoms with Crippen molar-refractivity contribution >= 4 is 35.4 Å². The van der Waals surface area contributed by atoms with E-state index in [0.29, 0.717) is 28.9 Å². The van der Waals surface area contributed by atoms with Crippen LogP contribution in [0.2, 0.25) is 5.02 Å². The zero-order chi connectivity index (χ0) is 20.5.